The summed E-state index contributed by atoms with van der Waals surface area (Å²) >= 11 is 0. The van der Waals surface area contributed by atoms with E-state index in [1.165, 1.54) is 24.3 Å². The second-order valence-corrected chi connectivity index (χ2v) is 5.26. The number of anilines is 2. The molecule has 0 bridgehead atoms. The Morgan fingerprint density at radius 1 is 0.889 bits per heavy atom. The lowest BCUT2D eigenvalue weighted by Crippen LogP contribution is -2.11. The zero-order valence-corrected chi connectivity index (χ0v) is 10.1. The van der Waals surface area contributed by atoms with Gasteiger partial charge in [0.2, 0.25) is 10.0 Å². The van der Waals surface area contributed by atoms with Gasteiger partial charge in [0, 0.05) is 11.4 Å². The molecule has 94 valence electrons. The third-order valence-electron chi connectivity index (χ3n) is 2.32. The molecule has 0 unspecified atom stereocenters. The normalized spacial score (nSPS) is 11.2. The van der Waals surface area contributed by atoms with Gasteiger partial charge in [-0.3, -0.25) is 0 Å². The van der Waals surface area contributed by atoms with Crippen LogP contribution in [-0.4, -0.2) is 8.42 Å². The predicted octanol–water partition coefficient (Wildman–Crippen LogP) is 2.22. The minimum atomic E-state index is -3.68. The first-order valence-corrected chi connectivity index (χ1v) is 6.65. The molecule has 0 saturated carbocycles. The van der Waals surface area contributed by atoms with Gasteiger partial charge in [-0.1, -0.05) is 0 Å². The highest BCUT2D eigenvalue weighted by Crippen LogP contribution is 2.18. The smallest absolute Gasteiger partial charge is 0.238 e. The van der Waals surface area contributed by atoms with E-state index in [1.54, 1.807) is 24.3 Å². The van der Waals surface area contributed by atoms with Crippen LogP contribution in [0.2, 0.25) is 0 Å². The molecule has 0 fully saturated rings. The molecular formula is C12H11FN2O2S. The molecule has 0 aliphatic rings. The Labute approximate surface area is 104 Å². The highest BCUT2D eigenvalue weighted by atomic mass is 32.2. The van der Waals surface area contributed by atoms with Crippen LogP contribution in [0.5, 0.6) is 0 Å². The van der Waals surface area contributed by atoms with Crippen LogP contribution < -0.4 is 10.5 Å². The maximum Gasteiger partial charge on any atom is 0.238 e. The SMILES string of the molecule is NS(=O)(=O)c1ccc(Nc2ccc(F)cc2)cc1. The Morgan fingerprint density at radius 3 is 1.78 bits per heavy atom. The molecule has 2 rings (SSSR count). The van der Waals surface area contributed by atoms with Crippen molar-refractivity contribution in [3.05, 3.63) is 54.3 Å². The van der Waals surface area contributed by atoms with E-state index in [0.29, 0.717) is 11.4 Å². The lowest BCUT2D eigenvalue weighted by atomic mass is 10.2. The number of sulfonamides is 1. The van der Waals surface area contributed by atoms with Crippen molar-refractivity contribution in [3.63, 3.8) is 0 Å². The molecule has 0 radical (unpaired) electrons. The third-order valence-corrected chi connectivity index (χ3v) is 3.24. The number of primary sulfonamides is 1. The van der Waals surface area contributed by atoms with Crippen molar-refractivity contribution < 1.29 is 12.8 Å². The molecular weight excluding hydrogens is 255 g/mol. The first kappa shape index (κ1) is 12.5. The molecule has 3 N–H and O–H groups in total. The number of hydrogen-bond acceptors (Lipinski definition) is 3. The molecule has 2 aromatic carbocycles. The topological polar surface area (TPSA) is 72.2 Å². The third kappa shape index (κ3) is 3.06. The molecule has 0 atom stereocenters. The highest BCUT2D eigenvalue weighted by molar-refractivity contribution is 7.89. The summed E-state index contributed by atoms with van der Waals surface area (Å²) in [5, 5.41) is 7.99. The van der Waals surface area contributed by atoms with Gasteiger partial charge in [0.15, 0.2) is 0 Å². The van der Waals surface area contributed by atoms with Crippen molar-refractivity contribution >= 4 is 21.4 Å². The van der Waals surface area contributed by atoms with Crippen LogP contribution in [0.1, 0.15) is 0 Å². The molecule has 0 aromatic heterocycles. The van der Waals surface area contributed by atoms with Crippen molar-refractivity contribution in [2.24, 2.45) is 5.14 Å². The van der Waals surface area contributed by atoms with Crippen LogP contribution in [0, 0.1) is 5.82 Å². The minimum Gasteiger partial charge on any atom is -0.356 e. The Hall–Kier alpha value is -1.92. The Bertz CT molecular complexity index is 637. The Kier molecular flexibility index (Phi) is 3.31. The summed E-state index contributed by atoms with van der Waals surface area (Å²) in [4.78, 5) is 0.0483. The molecule has 0 amide bonds. The van der Waals surface area contributed by atoms with Gasteiger partial charge in [-0.15, -0.1) is 0 Å². The number of benzene rings is 2. The summed E-state index contributed by atoms with van der Waals surface area (Å²) in [6.45, 7) is 0. The van der Waals surface area contributed by atoms with E-state index in [-0.39, 0.29) is 10.7 Å². The van der Waals surface area contributed by atoms with Crippen molar-refractivity contribution in [2.45, 2.75) is 4.90 Å². The Morgan fingerprint density at radius 2 is 1.33 bits per heavy atom. The predicted molar refractivity (Wildman–Crippen MR) is 67.5 cm³/mol. The number of hydrogen-bond donors (Lipinski definition) is 2. The maximum absolute atomic E-state index is 12.7. The minimum absolute atomic E-state index is 0.0483. The second-order valence-electron chi connectivity index (χ2n) is 3.70. The first-order valence-electron chi connectivity index (χ1n) is 5.10. The second kappa shape index (κ2) is 4.75. The van der Waals surface area contributed by atoms with Gasteiger partial charge in [-0.25, -0.2) is 17.9 Å². The van der Waals surface area contributed by atoms with Gasteiger partial charge in [-0.05, 0) is 48.5 Å². The van der Waals surface area contributed by atoms with E-state index in [1.807, 2.05) is 0 Å². The fourth-order valence-electron chi connectivity index (χ4n) is 1.43. The lowest BCUT2D eigenvalue weighted by molar-refractivity contribution is 0.598. The summed E-state index contributed by atoms with van der Waals surface area (Å²) in [5.74, 6) is -0.315. The van der Waals surface area contributed by atoms with E-state index >= 15 is 0 Å². The number of rotatable bonds is 3. The van der Waals surface area contributed by atoms with Crippen LogP contribution in [0.3, 0.4) is 0 Å². The molecule has 0 aliphatic carbocycles. The lowest BCUT2D eigenvalue weighted by Gasteiger charge is -2.06. The number of halogens is 1. The van der Waals surface area contributed by atoms with Crippen LogP contribution in [0.4, 0.5) is 15.8 Å². The largest absolute Gasteiger partial charge is 0.356 e. The molecule has 4 nitrogen and oxygen atoms in total. The number of nitrogens with two attached hydrogens (primary N) is 1. The summed E-state index contributed by atoms with van der Waals surface area (Å²) in [5.41, 5.74) is 1.40. The standard InChI is InChI=1S/C12H11FN2O2S/c13-9-1-3-10(4-2-9)15-11-5-7-12(8-6-11)18(14,16)17/h1-8,15H,(H2,14,16,17). The average molecular weight is 266 g/mol. The molecule has 18 heavy (non-hydrogen) atoms. The molecule has 2 aromatic rings. The fraction of sp³-hybridized carbons (Fsp3) is 0. The Balaban J connectivity index is 2.18. The molecule has 0 heterocycles. The number of nitrogens with one attached hydrogen (secondary N) is 1. The monoisotopic (exact) mass is 266 g/mol. The van der Waals surface area contributed by atoms with Gasteiger partial charge in [0.05, 0.1) is 4.90 Å². The van der Waals surface area contributed by atoms with Gasteiger partial charge in [-0.2, -0.15) is 0 Å². The average Bonchev–Trinajstić information content (AvgIpc) is 2.32. The van der Waals surface area contributed by atoms with Gasteiger partial charge in [0.1, 0.15) is 5.82 Å². The van der Waals surface area contributed by atoms with Gasteiger partial charge in [0.25, 0.3) is 0 Å². The highest BCUT2D eigenvalue weighted by Gasteiger charge is 2.06. The van der Waals surface area contributed by atoms with E-state index in [0.717, 1.165) is 0 Å². The molecule has 0 saturated heterocycles. The first-order chi connectivity index (χ1) is 8.45. The fourth-order valence-corrected chi connectivity index (χ4v) is 1.94. The van der Waals surface area contributed by atoms with Crippen molar-refractivity contribution in [2.75, 3.05) is 5.32 Å². The maximum atomic E-state index is 12.7. The molecule has 6 heteroatoms. The van der Waals surface area contributed by atoms with E-state index in [9.17, 15) is 12.8 Å². The van der Waals surface area contributed by atoms with Crippen molar-refractivity contribution in [1.29, 1.82) is 0 Å². The zero-order valence-electron chi connectivity index (χ0n) is 9.30. The van der Waals surface area contributed by atoms with Gasteiger partial charge >= 0.3 is 0 Å². The van der Waals surface area contributed by atoms with E-state index < -0.39 is 10.0 Å². The van der Waals surface area contributed by atoms with Crippen molar-refractivity contribution in [3.8, 4) is 0 Å². The van der Waals surface area contributed by atoms with E-state index in [4.69, 9.17) is 5.14 Å². The van der Waals surface area contributed by atoms with Crippen molar-refractivity contribution in [1.82, 2.24) is 0 Å². The zero-order chi connectivity index (χ0) is 13.2. The summed E-state index contributed by atoms with van der Waals surface area (Å²) in [7, 11) is -3.68. The summed E-state index contributed by atoms with van der Waals surface area (Å²) in [6.07, 6.45) is 0. The van der Waals surface area contributed by atoms with Gasteiger partial charge < -0.3 is 5.32 Å². The summed E-state index contributed by atoms with van der Waals surface area (Å²) < 4.78 is 34.8. The van der Waals surface area contributed by atoms with Crippen LogP contribution in [-0.2, 0) is 10.0 Å². The van der Waals surface area contributed by atoms with Crippen LogP contribution in [0.15, 0.2) is 53.4 Å². The summed E-state index contributed by atoms with van der Waals surface area (Å²) in [6, 6.07) is 11.8. The molecule has 0 aliphatic heterocycles. The molecule has 0 spiro atoms. The quantitative estimate of drug-likeness (QED) is 0.894. The van der Waals surface area contributed by atoms with Crippen LogP contribution in [0.25, 0.3) is 0 Å². The van der Waals surface area contributed by atoms with E-state index in [2.05, 4.69) is 5.32 Å². The van der Waals surface area contributed by atoms with Crippen LogP contribution >= 0.6 is 0 Å².